The van der Waals surface area contributed by atoms with Gasteiger partial charge in [-0.2, -0.15) is 0 Å². The lowest BCUT2D eigenvalue weighted by molar-refractivity contribution is -0.140. The third kappa shape index (κ3) is 9.58. The van der Waals surface area contributed by atoms with E-state index in [0.717, 1.165) is 25.5 Å². The van der Waals surface area contributed by atoms with Crippen molar-refractivity contribution in [3.05, 3.63) is 128 Å². The summed E-state index contributed by atoms with van der Waals surface area (Å²) in [7, 11) is -4.28. The van der Waals surface area contributed by atoms with Gasteiger partial charge in [-0.25, -0.2) is 8.42 Å². The predicted octanol–water partition coefficient (Wildman–Crippen LogP) is 7.67. The van der Waals surface area contributed by atoms with Crippen LogP contribution >= 0.6 is 39.1 Å². The first-order valence-electron chi connectivity index (χ1n) is 14.7. The molecule has 2 amide bonds. The van der Waals surface area contributed by atoms with Crippen LogP contribution in [0, 0.1) is 12.8 Å². The van der Waals surface area contributed by atoms with Crippen molar-refractivity contribution >= 4 is 66.7 Å². The molecular formula is C35H36BrCl2N3O4S. The Labute approximate surface area is 289 Å². The van der Waals surface area contributed by atoms with Gasteiger partial charge in [-0.1, -0.05) is 113 Å². The SMILES string of the molecule is Cc1ccc(S(=O)(=O)N(CC(=O)N(Cc2ccc(Br)cc2)C(Cc2ccccc2)C(=O)NCC(C)C)c2cc(Cl)cc(Cl)c2)cc1. The highest BCUT2D eigenvalue weighted by Crippen LogP contribution is 2.30. The summed E-state index contributed by atoms with van der Waals surface area (Å²) in [4.78, 5) is 29.8. The molecule has 0 aromatic heterocycles. The maximum atomic E-state index is 14.5. The van der Waals surface area contributed by atoms with Gasteiger partial charge in [0, 0.05) is 34.0 Å². The molecule has 0 aliphatic rings. The summed E-state index contributed by atoms with van der Waals surface area (Å²) in [6, 6.07) is 26.6. The van der Waals surface area contributed by atoms with E-state index < -0.39 is 28.5 Å². The van der Waals surface area contributed by atoms with E-state index in [0.29, 0.717) is 6.54 Å². The number of benzene rings is 4. The molecule has 0 aliphatic heterocycles. The number of amides is 2. The van der Waals surface area contributed by atoms with Crippen molar-refractivity contribution in [2.75, 3.05) is 17.4 Å². The summed E-state index contributed by atoms with van der Waals surface area (Å²) in [5.41, 5.74) is 2.62. The van der Waals surface area contributed by atoms with Crippen molar-refractivity contribution in [3.63, 3.8) is 0 Å². The first kappa shape index (κ1) is 35.5. The normalized spacial score (nSPS) is 12.1. The van der Waals surface area contributed by atoms with Crippen LogP contribution in [0.3, 0.4) is 0 Å². The van der Waals surface area contributed by atoms with Gasteiger partial charge in [-0.3, -0.25) is 13.9 Å². The Morgan fingerprint density at radius 2 is 1.46 bits per heavy atom. The van der Waals surface area contributed by atoms with Crippen LogP contribution in [-0.2, 0) is 32.6 Å². The van der Waals surface area contributed by atoms with Crippen molar-refractivity contribution in [2.24, 2.45) is 5.92 Å². The molecule has 46 heavy (non-hydrogen) atoms. The van der Waals surface area contributed by atoms with Gasteiger partial charge in [-0.05, 0) is 66.4 Å². The zero-order valence-electron chi connectivity index (χ0n) is 25.8. The fourth-order valence-corrected chi connectivity index (χ4v) is 6.99. The van der Waals surface area contributed by atoms with Gasteiger partial charge in [0.1, 0.15) is 12.6 Å². The molecule has 7 nitrogen and oxygen atoms in total. The van der Waals surface area contributed by atoms with Gasteiger partial charge in [0.15, 0.2) is 0 Å². The molecule has 0 fully saturated rings. The first-order valence-corrected chi connectivity index (χ1v) is 17.7. The average molecular weight is 746 g/mol. The molecule has 11 heteroatoms. The van der Waals surface area contributed by atoms with Gasteiger partial charge in [0.05, 0.1) is 10.6 Å². The van der Waals surface area contributed by atoms with Gasteiger partial charge >= 0.3 is 0 Å². The number of rotatable bonds is 13. The number of aryl methyl sites for hydroxylation is 1. The van der Waals surface area contributed by atoms with Crippen LogP contribution in [0.2, 0.25) is 10.0 Å². The minimum atomic E-state index is -4.28. The van der Waals surface area contributed by atoms with Crippen LogP contribution in [0.1, 0.15) is 30.5 Å². The van der Waals surface area contributed by atoms with Gasteiger partial charge in [-0.15, -0.1) is 0 Å². The Bertz CT molecular complexity index is 1730. The van der Waals surface area contributed by atoms with Crippen LogP contribution < -0.4 is 9.62 Å². The summed E-state index contributed by atoms with van der Waals surface area (Å²) in [6.45, 7) is 5.70. The molecule has 1 atom stereocenters. The molecule has 0 aliphatic carbocycles. The molecule has 0 heterocycles. The third-order valence-electron chi connectivity index (χ3n) is 7.24. The lowest BCUT2D eigenvalue weighted by Crippen LogP contribution is -2.53. The van der Waals surface area contributed by atoms with E-state index in [2.05, 4.69) is 21.2 Å². The fraction of sp³-hybridized carbons (Fsp3) is 0.257. The summed E-state index contributed by atoms with van der Waals surface area (Å²) < 4.78 is 30.2. The molecule has 4 aromatic carbocycles. The van der Waals surface area contributed by atoms with Crippen molar-refractivity contribution in [1.82, 2.24) is 10.2 Å². The zero-order chi connectivity index (χ0) is 33.4. The van der Waals surface area contributed by atoms with Crippen molar-refractivity contribution in [3.8, 4) is 0 Å². The topological polar surface area (TPSA) is 86.8 Å². The molecule has 0 bridgehead atoms. The quantitative estimate of drug-likeness (QED) is 0.152. The molecular weight excluding hydrogens is 709 g/mol. The number of carbonyl (C=O) groups excluding carboxylic acids is 2. The Hall–Kier alpha value is -3.37. The Kier molecular flexibility index (Phi) is 12.3. The highest BCUT2D eigenvalue weighted by atomic mass is 79.9. The standard InChI is InChI=1S/C35H36BrCl2N3O4S/c1-24(2)21-39-35(43)33(17-26-7-5-4-6-8-26)40(22-27-11-13-28(36)14-12-27)34(42)23-41(31-19-29(37)18-30(38)20-31)46(44,45)32-15-9-25(3)10-16-32/h4-16,18-20,24,33H,17,21-23H2,1-3H3,(H,39,43). The van der Waals surface area contributed by atoms with E-state index in [1.165, 1.54) is 35.2 Å². The van der Waals surface area contributed by atoms with Crippen LogP contribution in [0.25, 0.3) is 0 Å². The van der Waals surface area contributed by atoms with E-state index in [4.69, 9.17) is 23.2 Å². The Morgan fingerprint density at radius 3 is 2.04 bits per heavy atom. The number of nitrogens with zero attached hydrogens (tertiary/aromatic N) is 2. The predicted molar refractivity (Wildman–Crippen MR) is 189 cm³/mol. The minimum Gasteiger partial charge on any atom is -0.354 e. The average Bonchev–Trinajstić information content (AvgIpc) is 3.01. The fourth-order valence-electron chi connectivity index (χ4n) is 4.81. The molecule has 1 unspecified atom stereocenters. The number of hydrogen-bond acceptors (Lipinski definition) is 4. The summed E-state index contributed by atoms with van der Waals surface area (Å²) in [5, 5.41) is 3.41. The molecule has 4 aromatic rings. The number of hydrogen-bond donors (Lipinski definition) is 1. The van der Waals surface area contributed by atoms with Crippen molar-refractivity contribution in [1.29, 1.82) is 0 Å². The minimum absolute atomic E-state index is 0.00281. The monoisotopic (exact) mass is 743 g/mol. The van der Waals surface area contributed by atoms with E-state index in [1.54, 1.807) is 12.1 Å². The number of halogens is 3. The maximum absolute atomic E-state index is 14.5. The first-order chi connectivity index (χ1) is 21.8. The van der Waals surface area contributed by atoms with E-state index in [9.17, 15) is 18.0 Å². The van der Waals surface area contributed by atoms with E-state index in [-0.39, 0.29) is 45.4 Å². The zero-order valence-corrected chi connectivity index (χ0v) is 29.7. The van der Waals surface area contributed by atoms with Crippen LogP contribution in [0.5, 0.6) is 0 Å². The van der Waals surface area contributed by atoms with Crippen LogP contribution in [0.4, 0.5) is 5.69 Å². The lowest BCUT2D eigenvalue weighted by atomic mass is 10.0. The van der Waals surface area contributed by atoms with E-state index in [1.807, 2.05) is 75.4 Å². The molecule has 4 rings (SSSR count). The molecule has 0 saturated carbocycles. The number of sulfonamides is 1. The second-order valence-electron chi connectivity index (χ2n) is 11.4. The largest absolute Gasteiger partial charge is 0.354 e. The molecule has 1 N–H and O–H groups in total. The smallest absolute Gasteiger partial charge is 0.264 e. The highest BCUT2D eigenvalue weighted by molar-refractivity contribution is 9.10. The van der Waals surface area contributed by atoms with Crippen molar-refractivity contribution in [2.45, 2.75) is 44.7 Å². The van der Waals surface area contributed by atoms with Crippen LogP contribution in [-0.4, -0.2) is 44.3 Å². The number of anilines is 1. The Balaban J connectivity index is 1.82. The molecule has 0 radical (unpaired) electrons. The molecule has 242 valence electrons. The summed E-state index contributed by atoms with van der Waals surface area (Å²) in [6.07, 6.45) is 0.223. The Morgan fingerprint density at radius 1 is 0.848 bits per heavy atom. The summed E-state index contributed by atoms with van der Waals surface area (Å²) in [5.74, 6) is -0.725. The highest BCUT2D eigenvalue weighted by Gasteiger charge is 2.35. The summed E-state index contributed by atoms with van der Waals surface area (Å²) >= 11 is 16.1. The maximum Gasteiger partial charge on any atom is 0.264 e. The van der Waals surface area contributed by atoms with E-state index >= 15 is 0 Å². The van der Waals surface area contributed by atoms with Gasteiger partial charge < -0.3 is 10.2 Å². The lowest BCUT2D eigenvalue weighted by Gasteiger charge is -2.34. The number of nitrogens with one attached hydrogen (secondary N) is 1. The van der Waals surface area contributed by atoms with Crippen molar-refractivity contribution < 1.29 is 18.0 Å². The third-order valence-corrected chi connectivity index (χ3v) is 10.00. The van der Waals surface area contributed by atoms with Gasteiger partial charge in [0.2, 0.25) is 11.8 Å². The molecule has 0 saturated heterocycles. The molecule has 0 spiro atoms. The van der Waals surface area contributed by atoms with Gasteiger partial charge in [0.25, 0.3) is 10.0 Å². The number of carbonyl (C=O) groups is 2. The van der Waals surface area contributed by atoms with Crippen LogP contribution in [0.15, 0.2) is 106 Å². The second kappa shape index (κ2) is 16.0. The second-order valence-corrected chi connectivity index (χ2v) is 15.1.